The van der Waals surface area contributed by atoms with Gasteiger partial charge in [0, 0.05) is 12.2 Å². The molecule has 2 N–H and O–H groups in total. The lowest BCUT2D eigenvalue weighted by molar-refractivity contribution is -0.132. The average molecular weight is 248 g/mol. The average Bonchev–Trinajstić information content (AvgIpc) is 2.38. The van der Waals surface area contributed by atoms with Crippen LogP contribution in [0.4, 0.5) is 0 Å². The first-order valence-corrected chi connectivity index (χ1v) is 6.34. The summed E-state index contributed by atoms with van der Waals surface area (Å²) in [4.78, 5) is 11.1. The predicted octanol–water partition coefficient (Wildman–Crippen LogP) is 3.10. The molecule has 3 nitrogen and oxygen atoms in total. The monoisotopic (exact) mass is 248 g/mol. The molecule has 0 atom stereocenters. The van der Waals surface area contributed by atoms with Crippen LogP contribution in [0, 0.1) is 0 Å². The van der Waals surface area contributed by atoms with E-state index < -0.39 is 5.97 Å². The van der Waals surface area contributed by atoms with Gasteiger partial charge < -0.3 is 10.2 Å². The highest BCUT2D eigenvalue weighted by molar-refractivity contribution is 5.92. The number of carboxylic acid groups (broad SMARTS) is 1. The Hall–Kier alpha value is -1.61. The number of rotatable bonds is 8. The third-order valence-corrected chi connectivity index (χ3v) is 2.77. The summed E-state index contributed by atoms with van der Waals surface area (Å²) < 4.78 is 0. The fourth-order valence-corrected chi connectivity index (χ4v) is 1.77. The van der Waals surface area contributed by atoms with Gasteiger partial charge in [0.15, 0.2) is 0 Å². The summed E-state index contributed by atoms with van der Waals surface area (Å²) in [6.07, 6.45) is 5.87. The van der Waals surface area contributed by atoms with Gasteiger partial charge in [0.25, 0.3) is 0 Å². The van der Waals surface area contributed by atoms with E-state index in [0.29, 0.717) is 12.0 Å². The van der Waals surface area contributed by atoms with Gasteiger partial charge in [0.2, 0.25) is 0 Å². The number of hydrogen-bond donors (Lipinski definition) is 2. The van der Waals surface area contributed by atoms with Crippen molar-refractivity contribution in [1.82, 2.24) is 0 Å². The zero-order chi connectivity index (χ0) is 13.2. The van der Waals surface area contributed by atoms with Gasteiger partial charge in [-0.05, 0) is 30.9 Å². The van der Waals surface area contributed by atoms with Crippen LogP contribution in [0.1, 0.15) is 37.7 Å². The second-order valence-electron chi connectivity index (χ2n) is 4.27. The number of benzene rings is 1. The third kappa shape index (κ3) is 5.64. The maximum absolute atomic E-state index is 11.1. The normalized spacial score (nSPS) is 11.5. The van der Waals surface area contributed by atoms with Crippen molar-refractivity contribution in [3.63, 3.8) is 0 Å². The number of hydrogen-bond acceptors (Lipinski definition) is 2. The zero-order valence-corrected chi connectivity index (χ0v) is 10.5. The molecule has 98 valence electrons. The van der Waals surface area contributed by atoms with Crippen LogP contribution in [0.3, 0.4) is 0 Å². The molecule has 0 aliphatic heterocycles. The lowest BCUT2D eigenvalue weighted by Crippen LogP contribution is -2.00. The molecular weight excluding hydrogens is 228 g/mol. The van der Waals surface area contributed by atoms with Crippen molar-refractivity contribution in [3.05, 3.63) is 41.5 Å². The molecule has 0 fully saturated rings. The van der Waals surface area contributed by atoms with Crippen LogP contribution < -0.4 is 0 Å². The summed E-state index contributed by atoms with van der Waals surface area (Å²) in [5, 5.41) is 17.8. The van der Waals surface area contributed by atoms with Crippen molar-refractivity contribution < 1.29 is 15.0 Å². The summed E-state index contributed by atoms with van der Waals surface area (Å²) in [6, 6.07) is 9.50. The Labute approximate surface area is 108 Å². The van der Waals surface area contributed by atoms with Crippen LogP contribution in [0.2, 0.25) is 0 Å². The Bertz CT molecular complexity index is 382. The van der Waals surface area contributed by atoms with Crippen molar-refractivity contribution in [2.45, 2.75) is 32.1 Å². The predicted molar refractivity (Wildman–Crippen MR) is 72.2 cm³/mol. The standard InChI is InChI=1S/C15H20O3/c16-11-7-2-1-6-10-14(15(17)18)12-13-8-4-3-5-9-13/h3-5,8-9,12,16H,1-2,6-7,10-11H2,(H,17,18)/b14-12-. The number of aliphatic hydroxyl groups is 1. The lowest BCUT2D eigenvalue weighted by Gasteiger charge is -2.03. The first-order valence-electron chi connectivity index (χ1n) is 6.34. The van der Waals surface area contributed by atoms with E-state index in [9.17, 15) is 4.79 Å². The highest BCUT2D eigenvalue weighted by Crippen LogP contribution is 2.14. The van der Waals surface area contributed by atoms with Gasteiger partial charge in [-0.1, -0.05) is 43.2 Å². The first-order chi connectivity index (χ1) is 8.74. The first kappa shape index (κ1) is 14.5. The molecule has 0 amide bonds. The van der Waals surface area contributed by atoms with Gasteiger partial charge in [-0.15, -0.1) is 0 Å². The number of carboxylic acids is 1. The molecule has 0 aromatic heterocycles. The molecule has 0 spiro atoms. The van der Waals surface area contributed by atoms with Gasteiger partial charge >= 0.3 is 5.97 Å². The molecule has 0 saturated heterocycles. The Morgan fingerprint density at radius 1 is 1.06 bits per heavy atom. The highest BCUT2D eigenvalue weighted by atomic mass is 16.4. The fraction of sp³-hybridized carbons (Fsp3) is 0.400. The SMILES string of the molecule is O=C(O)/C(=C\c1ccccc1)CCCCCCO. The minimum absolute atomic E-state index is 0.214. The minimum Gasteiger partial charge on any atom is -0.478 e. The van der Waals surface area contributed by atoms with Crippen LogP contribution in [0.15, 0.2) is 35.9 Å². The molecule has 3 heteroatoms. The van der Waals surface area contributed by atoms with Crippen LogP contribution >= 0.6 is 0 Å². The Morgan fingerprint density at radius 2 is 1.72 bits per heavy atom. The van der Waals surface area contributed by atoms with E-state index >= 15 is 0 Å². The number of aliphatic hydroxyl groups excluding tert-OH is 1. The van der Waals surface area contributed by atoms with Gasteiger partial charge in [-0.2, -0.15) is 0 Å². The number of aliphatic carboxylic acids is 1. The Kier molecular flexibility index (Phi) is 6.81. The third-order valence-electron chi connectivity index (χ3n) is 2.77. The fourth-order valence-electron chi connectivity index (χ4n) is 1.77. The molecular formula is C15H20O3. The Balaban J connectivity index is 2.50. The summed E-state index contributed by atoms with van der Waals surface area (Å²) in [6.45, 7) is 0.214. The molecule has 0 bridgehead atoms. The maximum Gasteiger partial charge on any atom is 0.331 e. The van der Waals surface area contributed by atoms with E-state index in [1.165, 1.54) is 0 Å². The van der Waals surface area contributed by atoms with E-state index in [0.717, 1.165) is 31.2 Å². The lowest BCUT2D eigenvalue weighted by atomic mass is 10.0. The van der Waals surface area contributed by atoms with Crippen LogP contribution in [0.5, 0.6) is 0 Å². The van der Waals surface area contributed by atoms with Crippen molar-refractivity contribution in [1.29, 1.82) is 0 Å². The van der Waals surface area contributed by atoms with Crippen molar-refractivity contribution in [2.24, 2.45) is 0 Å². The summed E-state index contributed by atoms with van der Waals surface area (Å²) in [5.74, 6) is -0.846. The second-order valence-corrected chi connectivity index (χ2v) is 4.27. The largest absolute Gasteiger partial charge is 0.478 e. The smallest absolute Gasteiger partial charge is 0.331 e. The number of unbranched alkanes of at least 4 members (excludes halogenated alkanes) is 3. The highest BCUT2D eigenvalue weighted by Gasteiger charge is 2.06. The second kappa shape index (κ2) is 8.48. The molecule has 0 unspecified atom stereocenters. The molecule has 0 radical (unpaired) electrons. The van der Waals surface area contributed by atoms with Crippen molar-refractivity contribution in [3.8, 4) is 0 Å². The molecule has 0 aliphatic rings. The van der Waals surface area contributed by atoms with Crippen LogP contribution in [-0.4, -0.2) is 22.8 Å². The van der Waals surface area contributed by atoms with E-state index in [-0.39, 0.29) is 6.61 Å². The van der Waals surface area contributed by atoms with E-state index in [2.05, 4.69) is 0 Å². The van der Waals surface area contributed by atoms with Gasteiger partial charge in [0.05, 0.1) is 0 Å². The van der Waals surface area contributed by atoms with Crippen LogP contribution in [0.25, 0.3) is 6.08 Å². The molecule has 0 heterocycles. The van der Waals surface area contributed by atoms with Crippen molar-refractivity contribution >= 4 is 12.0 Å². The summed E-state index contributed by atoms with van der Waals surface area (Å²) in [7, 11) is 0. The Morgan fingerprint density at radius 3 is 2.33 bits per heavy atom. The molecule has 18 heavy (non-hydrogen) atoms. The van der Waals surface area contributed by atoms with E-state index in [1.54, 1.807) is 6.08 Å². The van der Waals surface area contributed by atoms with Crippen molar-refractivity contribution in [2.75, 3.05) is 6.61 Å². The molecule has 1 aromatic rings. The van der Waals surface area contributed by atoms with E-state index in [4.69, 9.17) is 10.2 Å². The number of carbonyl (C=O) groups is 1. The van der Waals surface area contributed by atoms with Gasteiger partial charge in [-0.3, -0.25) is 0 Å². The maximum atomic E-state index is 11.1. The van der Waals surface area contributed by atoms with Crippen LogP contribution in [-0.2, 0) is 4.79 Å². The van der Waals surface area contributed by atoms with Gasteiger partial charge in [-0.25, -0.2) is 4.79 Å². The molecule has 0 saturated carbocycles. The minimum atomic E-state index is -0.846. The summed E-state index contributed by atoms with van der Waals surface area (Å²) >= 11 is 0. The topological polar surface area (TPSA) is 57.5 Å². The molecule has 0 aliphatic carbocycles. The summed E-state index contributed by atoms with van der Waals surface area (Å²) in [5.41, 5.74) is 1.37. The van der Waals surface area contributed by atoms with Gasteiger partial charge in [0.1, 0.15) is 0 Å². The van der Waals surface area contributed by atoms with E-state index in [1.807, 2.05) is 30.3 Å². The quantitative estimate of drug-likeness (QED) is 0.549. The molecule has 1 rings (SSSR count). The molecule has 1 aromatic carbocycles. The zero-order valence-electron chi connectivity index (χ0n) is 10.5.